The molecule has 0 aliphatic carbocycles. The van der Waals surface area contributed by atoms with Crippen LogP contribution in [0.25, 0.3) is 0 Å². The molecule has 0 saturated heterocycles. The van der Waals surface area contributed by atoms with Gasteiger partial charge in [0.05, 0.1) is 35.8 Å². The van der Waals surface area contributed by atoms with Crippen LogP contribution >= 0.6 is 11.6 Å². The summed E-state index contributed by atoms with van der Waals surface area (Å²) in [6.07, 6.45) is 3.35. The highest BCUT2D eigenvalue weighted by atomic mass is 35.5. The van der Waals surface area contributed by atoms with Crippen molar-refractivity contribution in [3.8, 4) is 0 Å². The van der Waals surface area contributed by atoms with Gasteiger partial charge in [0.15, 0.2) is 0 Å². The number of nitrogens with one attached hydrogen (secondary N) is 1. The predicted octanol–water partition coefficient (Wildman–Crippen LogP) is 1.44. The van der Waals surface area contributed by atoms with Crippen LogP contribution in [0.3, 0.4) is 0 Å². The molecule has 0 radical (unpaired) electrons. The van der Waals surface area contributed by atoms with Gasteiger partial charge in [-0.15, -0.1) is 0 Å². The summed E-state index contributed by atoms with van der Waals surface area (Å²) in [5, 5.41) is 4.80. The molecule has 0 bridgehead atoms. The topological polar surface area (TPSA) is 78.0 Å². The van der Waals surface area contributed by atoms with E-state index in [4.69, 9.17) is 22.2 Å². The van der Waals surface area contributed by atoms with Crippen molar-refractivity contribution in [2.24, 2.45) is 5.84 Å². The summed E-state index contributed by atoms with van der Waals surface area (Å²) >= 11 is 6.24. The Morgan fingerprint density at radius 3 is 3.00 bits per heavy atom. The van der Waals surface area contributed by atoms with Crippen LogP contribution in [0.1, 0.15) is 23.0 Å². The molecular weight excluding hydrogens is 278 g/mol. The maximum Gasteiger partial charge on any atom is 0.106 e. The number of hydrazine groups is 1. The second kappa shape index (κ2) is 6.81. The Balaban J connectivity index is 2.38. The van der Waals surface area contributed by atoms with Gasteiger partial charge >= 0.3 is 0 Å². The van der Waals surface area contributed by atoms with Crippen LogP contribution in [0.15, 0.2) is 24.5 Å². The number of methoxy groups -OCH3 is 1. The summed E-state index contributed by atoms with van der Waals surface area (Å²) in [5.74, 6) is 5.69. The van der Waals surface area contributed by atoms with Gasteiger partial charge in [-0.05, 0) is 24.6 Å². The van der Waals surface area contributed by atoms with Gasteiger partial charge in [0.2, 0.25) is 0 Å². The molecule has 0 saturated carbocycles. The van der Waals surface area contributed by atoms with E-state index < -0.39 is 0 Å². The predicted molar refractivity (Wildman–Crippen MR) is 77.3 cm³/mol. The molecular formula is C13H18ClN5O. The maximum absolute atomic E-state index is 6.24. The first-order valence-electron chi connectivity index (χ1n) is 6.26. The monoisotopic (exact) mass is 295 g/mol. The van der Waals surface area contributed by atoms with Crippen molar-refractivity contribution in [1.29, 1.82) is 0 Å². The molecule has 1 atom stereocenters. The highest BCUT2D eigenvalue weighted by molar-refractivity contribution is 6.31. The van der Waals surface area contributed by atoms with Crippen LogP contribution in [0, 0.1) is 6.92 Å². The molecule has 1 unspecified atom stereocenters. The highest BCUT2D eigenvalue weighted by Crippen LogP contribution is 2.27. The van der Waals surface area contributed by atoms with Crippen molar-refractivity contribution >= 4 is 11.6 Å². The summed E-state index contributed by atoms with van der Waals surface area (Å²) in [7, 11) is 1.64. The third-order valence-corrected chi connectivity index (χ3v) is 3.30. The fourth-order valence-electron chi connectivity index (χ4n) is 2.04. The number of ether oxygens (including phenoxy) is 1. The van der Waals surface area contributed by atoms with E-state index in [0.717, 1.165) is 17.0 Å². The molecule has 20 heavy (non-hydrogen) atoms. The van der Waals surface area contributed by atoms with Crippen LogP contribution < -0.4 is 11.3 Å². The molecule has 2 rings (SSSR count). The van der Waals surface area contributed by atoms with Gasteiger partial charge < -0.3 is 4.74 Å². The van der Waals surface area contributed by atoms with Gasteiger partial charge in [-0.2, -0.15) is 5.10 Å². The summed E-state index contributed by atoms with van der Waals surface area (Å²) in [6, 6.07) is 3.58. The lowest BCUT2D eigenvalue weighted by atomic mass is 10.1. The normalized spacial score (nSPS) is 12.6. The van der Waals surface area contributed by atoms with Gasteiger partial charge in [-0.25, -0.2) is 5.43 Å². The lowest BCUT2D eigenvalue weighted by molar-refractivity contribution is 0.182. The second-order valence-corrected chi connectivity index (χ2v) is 4.86. The fraction of sp³-hybridized carbons (Fsp3) is 0.385. The zero-order valence-electron chi connectivity index (χ0n) is 11.5. The Morgan fingerprint density at radius 1 is 1.55 bits per heavy atom. The summed E-state index contributed by atoms with van der Waals surface area (Å²) < 4.78 is 6.86. The first-order valence-corrected chi connectivity index (χ1v) is 6.64. The molecule has 0 aromatic carbocycles. The van der Waals surface area contributed by atoms with E-state index in [2.05, 4.69) is 15.5 Å². The largest absolute Gasteiger partial charge is 0.383 e. The molecule has 2 aromatic rings. The first-order chi connectivity index (χ1) is 9.67. The smallest absolute Gasteiger partial charge is 0.106 e. The molecule has 2 heterocycles. The van der Waals surface area contributed by atoms with Gasteiger partial charge in [-0.1, -0.05) is 11.6 Å². The number of hydrogen-bond donors (Lipinski definition) is 2. The molecule has 0 spiro atoms. The average Bonchev–Trinajstić information content (AvgIpc) is 2.79. The van der Waals surface area contributed by atoms with E-state index in [-0.39, 0.29) is 6.04 Å². The molecule has 6 nitrogen and oxygen atoms in total. The van der Waals surface area contributed by atoms with Crippen molar-refractivity contribution in [2.75, 3.05) is 13.7 Å². The number of nitrogens with two attached hydrogens (primary N) is 1. The van der Waals surface area contributed by atoms with Crippen LogP contribution in [0.4, 0.5) is 0 Å². The number of nitrogens with zero attached hydrogens (tertiary/aromatic N) is 3. The highest BCUT2D eigenvalue weighted by Gasteiger charge is 2.22. The summed E-state index contributed by atoms with van der Waals surface area (Å²) in [6.45, 7) is 3.15. The van der Waals surface area contributed by atoms with Crippen molar-refractivity contribution in [3.05, 3.63) is 46.5 Å². The van der Waals surface area contributed by atoms with Crippen molar-refractivity contribution in [1.82, 2.24) is 20.2 Å². The first kappa shape index (κ1) is 14.9. The van der Waals surface area contributed by atoms with E-state index in [0.29, 0.717) is 18.2 Å². The van der Waals surface area contributed by atoms with E-state index in [9.17, 15) is 0 Å². The Hall–Kier alpha value is -1.47. The second-order valence-electron chi connectivity index (χ2n) is 4.45. The molecule has 7 heteroatoms. The van der Waals surface area contributed by atoms with Crippen molar-refractivity contribution in [2.45, 2.75) is 19.5 Å². The molecule has 0 aliphatic rings. The van der Waals surface area contributed by atoms with E-state index in [1.807, 2.05) is 19.1 Å². The van der Waals surface area contributed by atoms with Crippen molar-refractivity contribution in [3.63, 3.8) is 0 Å². The Labute approximate surface area is 122 Å². The Morgan fingerprint density at radius 2 is 2.35 bits per heavy atom. The molecule has 0 aliphatic heterocycles. The minimum Gasteiger partial charge on any atom is -0.383 e. The third kappa shape index (κ3) is 3.16. The van der Waals surface area contributed by atoms with Crippen LogP contribution in [-0.2, 0) is 11.3 Å². The lowest BCUT2D eigenvalue weighted by Gasteiger charge is -2.18. The number of aromatic nitrogens is 3. The van der Waals surface area contributed by atoms with Crippen LogP contribution in [0.5, 0.6) is 0 Å². The van der Waals surface area contributed by atoms with Crippen LogP contribution in [-0.4, -0.2) is 28.5 Å². The summed E-state index contributed by atoms with van der Waals surface area (Å²) in [4.78, 5) is 4.36. The maximum atomic E-state index is 6.24. The zero-order chi connectivity index (χ0) is 14.5. The number of hydrogen-bond acceptors (Lipinski definition) is 5. The van der Waals surface area contributed by atoms with Gasteiger partial charge in [0.25, 0.3) is 0 Å². The summed E-state index contributed by atoms with van der Waals surface area (Å²) in [5.41, 5.74) is 5.44. The molecule has 108 valence electrons. The van der Waals surface area contributed by atoms with Crippen molar-refractivity contribution < 1.29 is 4.74 Å². The minimum atomic E-state index is -0.318. The average molecular weight is 296 g/mol. The van der Waals surface area contributed by atoms with E-state index >= 15 is 0 Å². The molecule has 0 amide bonds. The lowest BCUT2D eigenvalue weighted by Crippen LogP contribution is -2.32. The van der Waals surface area contributed by atoms with E-state index in [1.165, 1.54) is 0 Å². The standard InChI is InChI=1S/C13H18ClN5O/c1-9-3-4-16-11(7-9)12(18-15)13-10(14)8-17-19(13)5-6-20-2/h3-4,7-8,12,18H,5-6,15H2,1-2H3. The minimum absolute atomic E-state index is 0.318. The number of aryl methyl sites for hydroxylation is 1. The zero-order valence-corrected chi connectivity index (χ0v) is 12.3. The van der Waals surface area contributed by atoms with E-state index in [1.54, 1.807) is 24.2 Å². The number of halogens is 1. The Bertz CT molecular complexity index is 572. The number of rotatable bonds is 6. The Kier molecular flexibility index (Phi) is 5.08. The quantitative estimate of drug-likeness (QED) is 0.623. The number of pyridine rings is 1. The van der Waals surface area contributed by atoms with Crippen LogP contribution in [0.2, 0.25) is 5.02 Å². The van der Waals surface area contributed by atoms with Gasteiger partial charge in [-0.3, -0.25) is 15.5 Å². The SMILES string of the molecule is COCCn1ncc(Cl)c1C(NN)c1cc(C)ccn1. The third-order valence-electron chi connectivity index (χ3n) is 3.01. The fourth-order valence-corrected chi connectivity index (χ4v) is 2.29. The molecule has 2 aromatic heterocycles. The molecule has 3 N–H and O–H groups in total. The molecule has 0 fully saturated rings. The van der Waals surface area contributed by atoms with Gasteiger partial charge in [0, 0.05) is 13.3 Å². The van der Waals surface area contributed by atoms with Gasteiger partial charge in [0.1, 0.15) is 6.04 Å².